The number of benzene rings is 1. The van der Waals surface area contributed by atoms with E-state index in [-0.39, 0.29) is 11.7 Å². The van der Waals surface area contributed by atoms with Crippen LogP contribution >= 0.6 is 0 Å². The Morgan fingerprint density at radius 3 is 2.62 bits per heavy atom. The van der Waals surface area contributed by atoms with Crippen molar-refractivity contribution >= 4 is 22.4 Å². The Morgan fingerprint density at radius 1 is 1.38 bits per heavy atom. The molecule has 21 heavy (non-hydrogen) atoms. The summed E-state index contributed by atoms with van der Waals surface area (Å²) >= 11 is 0. The summed E-state index contributed by atoms with van der Waals surface area (Å²) in [5.41, 5.74) is 1.39. The molecular weight excluding hydrogens is 288 g/mol. The smallest absolute Gasteiger partial charge is 0.242 e. The van der Waals surface area contributed by atoms with Crippen LogP contribution in [0.4, 0.5) is 5.69 Å². The van der Waals surface area contributed by atoms with Gasteiger partial charge in [-0.1, -0.05) is 23.4 Å². The highest BCUT2D eigenvalue weighted by Crippen LogP contribution is 2.15. The van der Waals surface area contributed by atoms with Gasteiger partial charge in [-0.3, -0.25) is 9.00 Å². The summed E-state index contributed by atoms with van der Waals surface area (Å²) < 4.78 is 17.2. The number of anilines is 1. The Morgan fingerprint density at radius 2 is 2.05 bits per heavy atom. The second-order valence-corrected chi connectivity index (χ2v) is 6.59. The third-order valence-corrected chi connectivity index (χ3v) is 4.75. The Bertz CT molecular complexity index is 639. The first-order chi connectivity index (χ1) is 9.99. The lowest BCUT2D eigenvalue weighted by Gasteiger charge is -2.20. The lowest BCUT2D eigenvalue weighted by atomic mass is 10.3. The van der Waals surface area contributed by atoms with Gasteiger partial charge in [0.1, 0.15) is 11.0 Å². The molecule has 1 heterocycles. The van der Waals surface area contributed by atoms with Gasteiger partial charge in [0.15, 0.2) is 0 Å². The summed E-state index contributed by atoms with van der Waals surface area (Å²) in [7, 11) is 0.346. The van der Waals surface area contributed by atoms with Gasteiger partial charge in [-0.25, -0.2) is 0 Å². The van der Waals surface area contributed by atoms with Gasteiger partial charge in [0.25, 0.3) is 0 Å². The summed E-state index contributed by atoms with van der Waals surface area (Å²) in [5, 5.41) is 3.20. The fraction of sp³-hybridized carbons (Fsp3) is 0.333. The SMILES string of the molecule is Cc1cc(C[S@@](=O)[C@@H](C)C(=O)N(C)c2ccccc2)no1. The normalized spacial score (nSPS) is 13.7. The summed E-state index contributed by atoms with van der Waals surface area (Å²) in [6.45, 7) is 3.45. The maximum Gasteiger partial charge on any atom is 0.242 e. The number of carbonyl (C=O) groups is 1. The Kier molecular flexibility index (Phi) is 4.90. The Hall–Kier alpha value is -1.95. The monoisotopic (exact) mass is 306 g/mol. The number of para-hydroxylation sites is 1. The summed E-state index contributed by atoms with van der Waals surface area (Å²) in [6.07, 6.45) is 0. The van der Waals surface area contributed by atoms with Crippen molar-refractivity contribution in [3.8, 4) is 0 Å². The highest BCUT2D eigenvalue weighted by atomic mass is 32.2. The fourth-order valence-electron chi connectivity index (χ4n) is 1.92. The molecule has 0 N–H and O–H groups in total. The predicted octanol–water partition coefficient (Wildman–Crippen LogP) is 2.28. The summed E-state index contributed by atoms with van der Waals surface area (Å²) in [5.74, 6) is 0.703. The van der Waals surface area contributed by atoms with Crippen molar-refractivity contribution in [2.75, 3.05) is 11.9 Å². The molecule has 0 aliphatic carbocycles. The van der Waals surface area contributed by atoms with Crippen LogP contribution in [-0.4, -0.2) is 27.6 Å². The van der Waals surface area contributed by atoms with Crippen molar-refractivity contribution in [3.05, 3.63) is 47.9 Å². The number of nitrogens with zero attached hydrogens (tertiary/aromatic N) is 2. The molecule has 1 aromatic carbocycles. The topological polar surface area (TPSA) is 63.4 Å². The van der Waals surface area contributed by atoms with E-state index in [1.54, 1.807) is 27.0 Å². The first-order valence-electron chi connectivity index (χ1n) is 6.61. The van der Waals surface area contributed by atoms with E-state index < -0.39 is 16.0 Å². The van der Waals surface area contributed by atoms with Crippen LogP contribution in [0, 0.1) is 6.92 Å². The largest absolute Gasteiger partial charge is 0.361 e. The van der Waals surface area contributed by atoms with Crippen LogP contribution in [0.1, 0.15) is 18.4 Å². The highest BCUT2D eigenvalue weighted by molar-refractivity contribution is 7.85. The zero-order chi connectivity index (χ0) is 15.4. The standard InChI is InChI=1S/C15H18N2O3S/c1-11-9-13(16-20-11)10-21(19)12(2)15(18)17(3)14-7-5-4-6-8-14/h4-9,12H,10H2,1-3H3/t12-,21+/m0/s1. The van der Waals surface area contributed by atoms with E-state index in [0.717, 1.165) is 5.69 Å². The molecule has 5 nitrogen and oxygen atoms in total. The minimum Gasteiger partial charge on any atom is -0.361 e. The van der Waals surface area contributed by atoms with Gasteiger partial charge in [0, 0.05) is 29.6 Å². The minimum absolute atomic E-state index is 0.181. The lowest BCUT2D eigenvalue weighted by molar-refractivity contribution is -0.117. The molecule has 6 heteroatoms. The average molecular weight is 306 g/mol. The molecule has 0 fully saturated rings. The van der Waals surface area contributed by atoms with E-state index in [2.05, 4.69) is 5.16 Å². The van der Waals surface area contributed by atoms with Crippen molar-refractivity contribution in [3.63, 3.8) is 0 Å². The third kappa shape index (κ3) is 3.78. The van der Waals surface area contributed by atoms with Gasteiger partial charge in [-0.05, 0) is 26.0 Å². The molecule has 2 atom stereocenters. The number of amides is 1. The number of rotatable bonds is 5. The number of aryl methyl sites for hydroxylation is 1. The maximum absolute atomic E-state index is 12.4. The van der Waals surface area contributed by atoms with Crippen LogP contribution in [-0.2, 0) is 21.3 Å². The summed E-state index contributed by atoms with van der Waals surface area (Å²) in [6, 6.07) is 11.0. The molecule has 2 rings (SSSR count). The number of hydrogen-bond acceptors (Lipinski definition) is 4. The Balaban J connectivity index is 2.03. The van der Waals surface area contributed by atoms with Crippen LogP contribution in [0.5, 0.6) is 0 Å². The van der Waals surface area contributed by atoms with Gasteiger partial charge < -0.3 is 9.42 Å². The van der Waals surface area contributed by atoms with Crippen molar-refractivity contribution in [1.29, 1.82) is 0 Å². The van der Waals surface area contributed by atoms with Crippen molar-refractivity contribution in [2.24, 2.45) is 0 Å². The van der Waals surface area contributed by atoms with E-state index in [1.165, 1.54) is 4.90 Å². The first kappa shape index (κ1) is 15.4. The van der Waals surface area contributed by atoms with Crippen LogP contribution in [0.2, 0.25) is 0 Å². The molecular formula is C15H18N2O3S. The molecule has 0 saturated carbocycles. The van der Waals surface area contributed by atoms with Crippen molar-refractivity contribution in [2.45, 2.75) is 24.9 Å². The number of hydrogen-bond donors (Lipinski definition) is 0. The van der Waals surface area contributed by atoms with Gasteiger partial charge in [0.05, 0.1) is 11.4 Å². The van der Waals surface area contributed by atoms with Gasteiger partial charge >= 0.3 is 0 Å². The van der Waals surface area contributed by atoms with E-state index >= 15 is 0 Å². The van der Waals surface area contributed by atoms with Gasteiger partial charge in [-0.15, -0.1) is 0 Å². The molecule has 0 aliphatic heterocycles. The average Bonchev–Trinajstić information content (AvgIpc) is 2.90. The Labute approximate surface area is 126 Å². The number of carbonyl (C=O) groups excluding carboxylic acids is 1. The van der Waals surface area contributed by atoms with Crippen molar-refractivity contribution < 1.29 is 13.5 Å². The molecule has 1 aromatic heterocycles. The molecule has 0 spiro atoms. The highest BCUT2D eigenvalue weighted by Gasteiger charge is 2.25. The molecule has 0 radical (unpaired) electrons. The lowest BCUT2D eigenvalue weighted by Crippen LogP contribution is -2.37. The molecule has 2 aromatic rings. The zero-order valence-electron chi connectivity index (χ0n) is 12.3. The second-order valence-electron chi connectivity index (χ2n) is 4.83. The van der Waals surface area contributed by atoms with Crippen molar-refractivity contribution in [1.82, 2.24) is 5.16 Å². The molecule has 0 unspecified atom stereocenters. The van der Waals surface area contributed by atoms with Crippen LogP contribution in [0.15, 0.2) is 40.9 Å². The van der Waals surface area contributed by atoms with E-state index in [0.29, 0.717) is 11.5 Å². The van der Waals surface area contributed by atoms with E-state index in [4.69, 9.17) is 4.52 Å². The molecule has 0 bridgehead atoms. The van der Waals surface area contributed by atoms with Crippen LogP contribution in [0.3, 0.4) is 0 Å². The summed E-state index contributed by atoms with van der Waals surface area (Å²) in [4.78, 5) is 13.9. The van der Waals surface area contributed by atoms with E-state index in [1.807, 2.05) is 30.3 Å². The molecule has 0 saturated heterocycles. The third-order valence-electron chi connectivity index (χ3n) is 3.18. The molecule has 1 amide bonds. The molecule has 112 valence electrons. The van der Waals surface area contributed by atoms with Gasteiger partial charge in [-0.2, -0.15) is 0 Å². The van der Waals surface area contributed by atoms with E-state index in [9.17, 15) is 9.00 Å². The second kappa shape index (κ2) is 6.67. The van der Waals surface area contributed by atoms with Crippen LogP contribution in [0.25, 0.3) is 0 Å². The fourth-order valence-corrected chi connectivity index (χ4v) is 2.98. The molecule has 0 aliphatic rings. The van der Waals surface area contributed by atoms with Crippen LogP contribution < -0.4 is 4.90 Å². The maximum atomic E-state index is 12.4. The number of aromatic nitrogens is 1. The predicted molar refractivity (Wildman–Crippen MR) is 82.4 cm³/mol. The quantitative estimate of drug-likeness (QED) is 0.850. The van der Waals surface area contributed by atoms with Gasteiger partial charge in [0.2, 0.25) is 5.91 Å². The first-order valence-corrected chi connectivity index (χ1v) is 7.99. The minimum atomic E-state index is -1.34. The zero-order valence-corrected chi connectivity index (χ0v) is 13.1.